The Morgan fingerprint density at radius 3 is 2.48 bits per heavy atom. The van der Waals surface area contributed by atoms with E-state index in [2.05, 4.69) is 10.3 Å². The van der Waals surface area contributed by atoms with Gasteiger partial charge in [-0.25, -0.2) is 18.0 Å². The molecule has 1 amide bonds. The molecule has 3 rings (SSSR count). The second-order valence-corrected chi connectivity index (χ2v) is 5.97. The maximum Gasteiger partial charge on any atom is 0.329 e. The summed E-state index contributed by atoms with van der Waals surface area (Å²) in [5.74, 6) is -2.99. The average molecular weight is 377 g/mol. The predicted octanol–water partition coefficient (Wildman–Crippen LogP) is 1.98. The molecule has 0 spiro atoms. The molecule has 0 aliphatic carbocycles. The van der Waals surface area contributed by atoms with Gasteiger partial charge in [0.1, 0.15) is 24.0 Å². The molecule has 9 heteroatoms. The lowest BCUT2D eigenvalue weighted by Gasteiger charge is -2.15. The molecule has 0 bridgehead atoms. The van der Waals surface area contributed by atoms with Gasteiger partial charge in [0, 0.05) is 11.6 Å². The van der Waals surface area contributed by atoms with Crippen LogP contribution in [-0.2, 0) is 11.3 Å². The van der Waals surface area contributed by atoms with Crippen LogP contribution in [0.5, 0.6) is 0 Å². The zero-order valence-corrected chi connectivity index (χ0v) is 14.1. The minimum atomic E-state index is -0.838. The quantitative estimate of drug-likeness (QED) is 0.729. The second kappa shape index (κ2) is 7.10. The number of benzene rings is 2. The number of aromatic nitrogens is 2. The summed E-state index contributed by atoms with van der Waals surface area (Å²) in [4.78, 5) is 39.0. The van der Waals surface area contributed by atoms with Crippen LogP contribution in [0.15, 0.2) is 46.0 Å². The topological polar surface area (TPSA) is 84.0 Å². The van der Waals surface area contributed by atoms with Gasteiger partial charge in [0.05, 0.1) is 16.9 Å². The Labute approximate surface area is 150 Å². The number of hydrogen-bond donors (Lipinski definition) is 2. The van der Waals surface area contributed by atoms with Crippen LogP contribution in [-0.4, -0.2) is 15.5 Å². The van der Waals surface area contributed by atoms with E-state index in [1.165, 1.54) is 19.1 Å². The molecule has 2 aromatic carbocycles. The molecule has 1 heterocycles. The first-order valence-corrected chi connectivity index (χ1v) is 7.93. The second-order valence-electron chi connectivity index (χ2n) is 5.97. The highest BCUT2D eigenvalue weighted by Crippen LogP contribution is 2.17. The number of nitrogens with one attached hydrogen (secondary N) is 2. The number of amides is 1. The first kappa shape index (κ1) is 18.4. The van der Waals surface area contributed by atoms with Crippen molar-refractivity contribution in [3.05, 3.63) is 80.3 Å². The molecular formula is C18H14F3N3O3. The van der Waals surface area contributed by atoms with Crippen LogP contribution in [0.25, 0.3) is 10.9 Å². The fraction of sp³-hybridized carbons (Fsp3) is 0.167. The molecule has 1 atom stereocenters. The average Bonchev–Trinajstić information content (AvgIpc) is 2.59. The highest BCUT2D eigenvalue weighted by molar-refractivity contribution is 5.79. The van der Waals surface area contributed by atoms with Crippen LogP contribution in [0.3, 0.4) is 0 Å². The summed E-state index contributed by atoms with van der Waals surface area (Å²) in [5, 5.41) is 2.35. The van der Waals surface area contributed by atoms with Crippen molar-refractivity contribution in [2.75, 3.05) is 0 Å². The number of aromatic amines is 1. The van der Waals surface area contributed by atoms with Crippen molar-refractivity contribution in [2.24, 2.45) is 0 Å². The van der Waals surface area contributed by atoms with Gasteiger partial charge in [-0.3, -0.25) is 14.2 Å². The van der Waals surface area contributed by atoms with Gasteiger partial charge < -0.3 is 10.3 Å². The largest absolute Gasteiger partial charge is 0.348 e. The van der Waals surface area contributed by atoms with Crippen LogP contribution in [0.4, 0.5) is 13.2 Å². The van der Waals surface area contributed by atoms with E-state index >= 15 is 0 Å². The molecular weight excluding hydrogens is 363 g/mol. The normalized spacial score (nSPS) is 12.1. The number of hydrogen-bond acceptors (Lipinski definition) is 3. The number of fused-ring (bicyclic) bond motifs is 1. The monoisotopic (exact) mass is 377 g/mol. The minimum Gasteiger partial charge on any atom is -0.348 e. The lowest BCUT2D eigenvalue weighted by Crippen LogP contribution is -2.41. The van der Waals surface area contributed by atoms with Gasteiger partial charge >= 0.3 is 5.69 Å². The summed E-state index contributed by atoms with van der Waals surface area (Å²) in [6.07, 6.45) is 0. The smallest absolute Gasteiger partial charge is 0.329 e. The number of nitrogens with zero attached hydrogens (tertiary/aromatic N) is 1. The summed E-state index contributed by atoms with van der Waals surface area (Å²) in [6, 6.07) is 5.39. The predicted molar refractivity (Wildman–Crippen MR) is 91.7 cm³/mol. The molecule has 0 radical (unpaired) electrons. The molecule has 1 aromatic heterocycles. The van der Waals surface area contributed by atoms with E-state index in [4.69, 9.17) is 0 Å². The maximum absolute atomic E-state index is 13.8. The Balaban J connectivity index is 1.85. The maximum atomic E-state index is 13.8. The van der Waals surface area contributed by atoms with Crippen molar-refractivity contribution in [1.29, 1.82) is 0 Å². The van der Waals surface area contributed by atoms with E-state index < -0.39 is 47.2 Å². The summed E-state index contributed by atoms with van der Waals surface area (Å²) in [7, 11) is 0. The summed E-state index contributed by atoms with van der Waals surface area (Å²) >= 11 is 0. The zero-order valence-electron chi connectivity index (χ0n) is 14.1. The van der Waals surface area contributed by atoms with Crippen LogP contribution in [0.1, 0.15) is 18.5 Å². The first-order chi connectivity index (χ1) is 12.8. The van der Waals surface area contributed by atoms with E-state index in [0.717, 1.165) is 18.2 Å². The first-order valence-electron chi connectivity index (χ1n) is 7.93. The van der Waals surface area contributed by atoms with Crippen molar-refractivity contribution in [1.82, 2.24) is 14.9 Å². The van der Waals surface area contributed by atoms with Gasteiger partial charge in [0.15, 0.2) is 0 Å². The summed E-state index contributed by atoms with van der Waals surface area (Å²) in [6.45, 7) is 0.824. The molecule has 27 heavy (non-hydrogen) atoms. The molecule has 0 saturated carbocycles. The number of H-pyrrole nitrogens is 1. The molecule has 0 saturated heterocycles. The Kier molecular flexibility index (Phi) is 4.85. The summed E-state index contributed by atoms with van der Waals surface area (Å²) in [5.41, 5.74) is -1.48. The third-order valence-electron chi connectivity index (χ3n) is 4.05. The number of carbonyl (C=O) groups excluding carboxylic acids is 1. The fourth-order valence-electron chi connectivity index (χ4n) is 2.73. The lowest BCUT2D eigenvalue weighted by molar-refractivity contribution is -0.122. The van der Waals surface area contributed by atoms with Crippen LogP contribution in [0, 0.1) is 17.5 Å². The molecule has 0 aliphatic rings. The molecule has 3 aromatic rings. The number of halogens is 3. The van der Waals surface area contributed by atoms with Gasteiger partial charge in [-0.1, -0.05) is 6.07 Å². The van der Waals surface area contributed by atoms with E-state index in [1.807, 2.05) is 0 Å². The third kappa shape index (κ3) is 3.76. The van der Waals surface area contributed by atoms with Crippen molar-refractivity contribution in [3.63, 3.8) is 0 Å². The van der Waals surface area contributed by atoms with Gasteiger partial charge in [-0.2, -0.15) is 0 Å². The summed E-state index contributed by atoms with van der Waals surface area (Å²) < 4.78 is 40.7. The minimum absolute atomic E-state index is 0.0478. The zero-order chi connectivity index (χ0) is 19.7. The van der Waals surface area contributed by atoms with Gasteiger partial charge in [-0.15, -0.1) is 0 Å². The van der Waals surface area contributed by atoms with Crippen molar-refractivity contribution >= 4 is 16.8 Å². The van der Waals surface area contributed by atoms with E-state index in [1.54, 1.807) is 0 Å². The van der Waals surface area contributed by atoms with Crippen molar-refractivity contribution in [2.45, 2.75) is 19.5 Å². The van der Waals surface area contributed by atoms with Crippen LogP contribution < -0.4 is 16.6 Å². The van der Waals surface area contributed by atoms with E-state index in [-0.39, 0.29) is 16.5 Å². The van der Waals surface area contributed by atoms with Crippen molar-refractivity contribution < 1.29 is 18.0 Å². The Bertz CT molecular complexity index is 1150. The van der Waals surface area contributed by atoms with Gasteiger partial charge in [0.2, 0.25) is 5.91 Å². The van der Waals surface area contributed by atoms with Gasteiger partial charge in [0.25, 0.3) is 5.56 Å². The van der Waals surface area contributed by atoms with Gasteiger partial charge in [-0.05, 0) is 31.2 Å². The molecule has 0 fully saturated rings. The van der Waals surface area contributed by atoms with Crippen LogP contribution >= 0.6 is 0 Å². The molecule has 0 aliphatic heterocycles. The Morgan fingerprint density at radius 2 is 1.78 bits per heavy atom. The number of carbonyl (C=O) groups is 1. The number of rotatable bonds is 4. The molecule has 2 N–H and O–H groups in total. The fourth-order valence-corrected chi connectivity index (χ4v) is 2.73. The lowest BCUT2D eigenvalue weighted by atomic mass is 10.1. The molecule has 6 nitrogen and oxygen atoms in total. The van der Waals surface area contributed by atoms with E-state index in [0.29, 0.717) is 10.6 Å². The highest BCUT2D eigenvalue weighted by Gasteiger charge is 2.17. The van der Waals surface area contributed by atoms with Crippen molar-refractivity contribution in [3.8, 4) is 0 Å². The van der Waals surface area contributed by atoms with E-state index in [9.17, 15) is 27.6 Å². The molecule has 140 valence electrons. The SMILES string of the molecule is C[C@@H](NC(=O)Cn1c(=O)[nH]c2ccc(F)cc2c1=O)c1ccc(F)cc1F. The Hall–Kier alpha value is -3.36. The van der Waals surface area contributed by atoms with Crippen LogP contribution in [0.2, 0.25) is 0 Å². The Morgan fingerprint density at radius 1 is 1.11 bits per heavy atom. The molecule has 0 unspecified atom stereocenters. The third-order valence-corrected chi connectivity index (χ3v) is 4.05. The standard InChI is InChI=1S/C18H14F3N3O3/c1-9(12-4-2-11(20)7-14(12)21)22-16(25)8-24-17(26)13-6-10(19)3-5-15(13)23-18(24)27/h2-7,9H,8H2,1H3,(H,22,25)(H,23,27)/t9-/m1/s1. The highest BCUT2D eigenvalue weighted by atomic mass is 19.1.